The lowest BCUT2D eigenvalue weighted by molar-refractivity contribution is -0.147. The highest BCUT2D eigenvalue weighted by atomic mass is 16.5. The Kier molecular flexibility index (Phi) is 4.17. The van der Waals surface area contributed by atoms with E-state index in [1.165, 1.54) is 4.68 Å². The van der Waals surface area contributed by atoms with Gasteiger partial charge in [0.2, 0.25) is 0 Å². The summed E-state index contributed by atoms with van der Waals surface area (Å²) in [5.74, 6) is 1.04. The van der Waals surface area contributed by atoms with E-state index in [2.05, 4.69) is 5.10 Å². The van der Waals surface area contributed by atoms with Crippen molar-refractivity contribution in [3.63, 3.8) is 0 Å². The number of nitrogens with zero attached hydrogens (tertiary/aromatic N) is 3. The van der Waals surface area contributed by atoms with Crippen molar-refractivity contribution < 1.29 is 13.9 Å². The quantitative estimate of drug-likeness (QED) is 0.672. The highest BCUT2D eigenvalue weighted by Crippen LogP contribution is 2.24. The van der Waals surface area contributed by atoms with E-state index in [-0.39, 0.29) is 12.2 Å². The molecule has 0 aromatic carbocycles. The summed E-state index contributed by atoms with van der Waals surface area (Å²) in [5, 5.41) is 4.45. The van der Waals surface area contributed by atoms with Crippen molar-refractivity contribution in [1.82, 2.24) is 14.2 Å². The van der Waals surface area contributed by atoms with Gasteiger partial charge in [-0.3, -0.25) is 9.20 Å². The Bertz CT molecular complexity index is 964. The van der Waals surface area contributed by atoms with Crippen LogP contribution in [0.2, 0.25) is 0 Å². The fourth-order valence-corrected chi connectivity index (χ4v) is 3.00. The van der Waals surface area contributed by atoms with Crippen LogP contribution >= 0.6 is 0 Å². The van der Waals surface area contributed by atoms with Crippen LogP contribution in [0.3, 0.4) is 0 Å². The van der Waals surface area contributed by atoms with Gasteiger partial charge in [0, 0.05) is 18.6 Å². The van der Waals surface area contributed by atoms with Crippen LogP contribution in [-0.4, -0.2) is 26.8 Å². The van der Waals surface area contributed by atoms with Crippen molar-refractivity contribution in [3.05, 3.63) is 34.1 Å². The zero-order valence-corrected chi connectivity index (χ0v) is 14.3. The highest BCUT2D eigenvalue weighted by Gasteiger charge is 2.25. The summed E-state index contributed by atoms with van der Waals surface area (Å²) in [7, 11) is 0. The lowest BCUT2D eigenvalue weighted by Crippen LogP contribution is -2.35. The number of rotatable bonds is 5. The molecular formula is C17H21N3O4. The largest absolute Gasteiger partial charge is 0.464 e. The third-order valence-electron chi connectivity index (χ3n) is 4.08. The number of esters is 1. The van der Waals surface area contributed by atoms with E-state index >= 15 is 0 Å². The van der Waals surface area contributed by atoms with E-state index in [1.54, 1.807) is 13.0 Å². The minimum absolute atomic E-state index is 0.268. The number of carbonyl (C=O) groups is 1. The van der Waals surface area contributed by atoms with Gasteiger partial charge in [-0.1, -0.05) is 13.8 Å². The summed E-state index contributed by atoms with van der Waals surface area (Å²) in [6.07, 6.45) is 1.05. The molecule has 0 saturated heterocycles. The molecule has 0 saturated carbocycles. The number of carbonyl (C=O) groups excluding carboxylic acids is 1. The molecule has 3 aromatic heterocycles. The zero-order valence-electron chi connectivity index (χ0n) is 14.3. The van der Waals surface area contributed by atoms with Gasteiger partial charge in [-0.05, 0) is 20.3 Å². The Hall–Kier alpha value is -2.57. The van der Waals surface area contributed by atoms with E-state index < -0.39 is 12.0 Å². The molecule has 0 aliphatic rings. The Morgan fingerprint density at radius 3 is 2.67 bits per heavy atom. The van der Waals surface area contributed by atoms with Crippen molar-refractivity contribution in [2.75, 3.05) is 6.61 Å². The Labute approximate surface area is 138 Å². The minimum Gasteiger partial charge on any atom is -0.464 e. The van der Waals surface area contributed by atoms with Crippen LogP contribution in [0.4, 0.5) is 0 Å². The summed E-state index contributed by atoms with van der Waals surface area (Å²) in [6, 6.07) is 2.87. The highest BCUT2D eigenvalue weighted by molar-refractivity contribution is 5.83. The maximum Gasteiger partial charge on any atom is 0.331 e. The molecule has 0 bridgehead atoms. The average molecular weight is 331 g/mol. The van der Waals surface area contributed by atoms with E-state index in [9.17, 15) is 9.59 Å². The number of aromatic nitrogens is 3. The molecule has 0 unspecified atom stereocenters. The van der Waals surface area contributed by atoms with Gasteiger partial charge in [0.25, 0.3) is 5.56 Å². The summed E-state index contributed by atoms with van der Waals surface area (Å²) in [5.41, 5.74) is 1.60. The van der Waals surface area contributed by atoms with Crippen molar-refractivity contribution >= 4 is 22.6 Å². The number of hydrogen-bond donors (Lipinski definition) is 0. The van der Waals surface area contributed by atoms with Crippen LogP contribution in [0.5, 0.6) is 0 Å². The van der Waals surface area contributed by atoms with Gasteiger partial charge in [0.1, 0.15) is 17.1 Å². The van der Waals surface area contributed by atoms with Crippen molar-refractivity contribution in [3.8, 4) is 0 Å². The lowest BCUT2D eigenvalue weighted by Gasteiger charge is -2.17. The Balaban J connectivity index is 2.29. The van der Waals surface area contributed by atoms with E-state index in [4.69, 9.17) is 9.15 Å². The Morgan fingerprint density at radius 2 is 2.04 bits per heavy atom. The second-order valence-corrected chi connectivity index (χ2v) is 5.67. The van der Waals surface area contributed by atoms with E-state index in [0.29, 0.717) is 29.8 Å². The molecule has 0 amide bonds. The first kappa shape index (κ1) is 16.3. The Morgan fingerprint density at radius 1 is 1.29 bits per heavy atom. The fourth-order valence-electron chi connectivity index (χ4n) is 3.00. The molecule has 0 aliphatic carbocycles. The molecular weight excluding hydrogens is 310 g/mol. The van der Waals surface area contributed by atoms with Gasteiger partial charge in [0.05, 0.1) is 12.1 Å². The maximum atomic E-state index is 12.9. The third kappa shape index (κ3) is 2.40. The van der Waals surface area contributed by atoms with Gasteiger partial charge >= 0.3 is 5.97 Å². The molecule has 128 valence electrons. The monoisotopic (exact) mass is 331 g/mol. The summed E-state index contributed by atoms with van der Waals surface area (Å²) in [4.78, 5) is 25.1. The fraction of sp³-hybridized carbons (Fsp3) is 0.471. The van der Waals surface area contributed by atoms with Crippen LogP contribution < -0.4 is 5.56 Å². The smallest absolute Gasteiger partial charge is 0.331 e. The summed E-state index contributed by atoms with van der Waals surface area (Å²) >= 11 is 0. The van der Waals surface area contributed by atoms with E-state index in [0.717, 1.165) is 11.3 Å². The maximum absolute atomic E-state index is 12.9. The van der Waals surface area contributed by atoms with Crippen LogP contribution in [0, 0.1) is 6.92 Å². The van der Waals surface area contributed by atoms with Gasteiger partial charge in [0.15, 0.2) is 11.6 Å². The van der Waals surface area contributed by atoms with E-state index in [1.807, 2.05) is 31.2 Å². The SMILES string of the molecule is CCOC(=O)[C@@H](CC)n1nc(CC)n2c(cc3oc(C)cc32)c1=O. The first-order valence-corrected chi connectivity index (χ1v) is 8.21. The van der Waals surface area contributed by atoms with Gasteiger partial charge in [-0.15, -0.1) is 0 Å². The lowest BCUT2D eigenvalue weighted by atomic mass is 10.2. The first-order chi connectivity index (χ1) is 11.5. The zero-order chi connectivity index (χ0) is 17.4. The third-order valence-corrected chi connectivity index (χ3v) is 4.08. The molecule has 24 heavy (non-hydrogen) atoms. The van der Waals surface area contributed by atoms with Crippen LogP contribution in [0.15, 0.2) is 21.3 Å². The molecule has 3 rings (SSSR count). The molecule has 7 heteroatoms. The predicted octanol–water partition coefficient (Wildman–Crippen LogP) is 2.63. The van der Waals surface area contributed by atoms with Crippen LogP contribution in [0.25, 0.3) is 16.6 Å². The number of aryl methyl sites for hydroxylation is 2. The molecule has 0 fully saturated rings. The second-order valence-electron chi connectivity index (χ2n) is 5.67. The molecule has 1 atom stereocenters. The van der Waals surface area contributed by atoms with Gasteiger partial charge in [-0.25, -0.2) is 9.48 Å². The number of fused-ring (bicyclic) bond motifs is 3. The summed E-state index contributed by atoms with van der Waals surface area (Å²) in [6.45, 7) is 7.66. The van der Waals surface area contributed by atoms with Crippen molar-refractivity contribution in [2.45, 2.75) is 46.6 Å². The van der Waals surface area contributed by atoms with Gasteiger partial charge in [-0.2, -0.15) is 5.10 Å². The molecule has 0 spiro atoms. The van der Waals surface area contributed by atoms with Crippen molar-refractivity contribution in [1.29, 1.82) is 0 Å². The van der Waals surface area contributed by atoms with Gasteiger partial charge < -0.3 is 9.15 Å². The number of ether oxygens (including phenoxy) is 1. The van der Waals surface area contributed by atoms with Crippen molar-refractivity contribution in [2.24, 2.45) is 0 Å². The molecule has 7 nitrogen and oxygen atoms in total. The first-order valence-electron chi connectivity index (χ1n) is 8.21. The summed E-state index contributed by atoms with van der Waals surface area (Å²) < 4.78 is 13.8. The number of furan rings is 1. The second kappa shape index (κ2) is 6.14. The molecule has 3 heterocycles. The van der Waals surface area contributed by atoms with Crippen LogP contribution in [-0.2, 0) is 16.0 Å². The molecule has 0 N–H and O–H groups in total. The standard InChI is InChI=1S/C17H21N3O4/c1-5-11(17(22)23-7-3)20-16(21)13-9-14-12(8-10(4)24-14)19(13)15(6-2)18-20/h8-9,11H,5-7H2,1-4H3/t11-/m1/s1. The molecule has 0 aliphatic heterocycles. The average Bonchev–Trinajstić information content (AvgIpc) is 3.07. The topological polar surface area (TPSA) is 78.7 Å². The minimum atomic E-state index is -0.726. The molecule has 0 radical (unpaired) electrons. The number of hydrogen-bond acceptors (Lipinski definition) is 5. The van der Waals surface area contributed by atoms with Crippen LogP contribution in [0.1, 0.15) is 44.8 Å². The predicted molar refractivity (Wildman–Crippen MR) is 89.3 cm³/mol. The molecule has 3 aromatic rings. The normalized spacial score (nSPS) is 12.8.